The van der Waals surface area contributed by atoms with Crippen molar-refractivity contribution in [3.05, 3.63) is 41.4 Å². The van der Waals surface area contributed by atoms with Gasteiger partial charge in [0.1, 0.15) is 0 Å². The smallest absolute Gasteiger partial charge is 0.293 e. The first kappa shape index (κ1) is 22.0. The van der Waals surface area contributed by atoms with Gasteiger partial charge in [0.15, 0.2) is 11.0 Å². The summed E-state index contributed by atoms with van der Waals surface area (Å²) in [6.45, 7) is 4.89. The van der Waals surface area contributed by atoms with E-state index in [-0.39, 0.29) is 22.6 Å². The number of likely N-dealkylation sites (N-methyl/N-ethyl adjacent to an activating group) is 1. The monoisotopic (exact) mass is 479 g/mol. The molecule has 0 bridgehead atoms. The van der Waals surface area contributed by atoms with Crippen LogP contribution in [0.4, 0.5) is 5.13 Å². The van der Waals surface area contributed by atoms with Crippen LogP contribution >= 0.6 is 11.3 Å². The largest absolute Gasteiger partial charge is 0.341 e. The number of hydrogen-bond acceptors (Lipinski definition) is 5. The summed E-state index contributed by atoms with van der Waals surface area (Å²) in [6, 6.07) is 0.326. The summed E-state index contributed by atoms with van der Waals surface area (Å²) in [5.41, 5.74) is 1.45. The van der Waals surface area contributed by atoms with Crippen molar-refractivity contribution in [1.82, 2.24) is 19.9 Å². The summed E-state index contributed by atoms with van der Waals surface area (Å²) in [4.78, 5) is 38.4. The lowest BCUT2D eigenvalue weighted by Crippen LogP contribution is -2.59. The van der Waals surface area contributed by atoms with E-state index >= 15 is 0 Å². The van der Waals surface area contributed by atoms with Gasteiger partial charge in [-0.3, -0.25) is 14.9 Å². The quantitative estimate of drug-likeness (QED) is 0.659. The van der Waals surface area contributed by atoms with Crippen LogP contribution in [0.5, 0.6) is 0 Å². The summed E-state index contributed by atoms with van der Waals surface area (Å²) in [7, 11) is 1.98. The van der Waals surface area contributed by atoms with Crippen LogP contribution in [0.3, 0.4) is 0 Å². The molecule has 34 heavy (non-hydrogen) atoms. The van der Waals surface area contributed by atoms with Crippen LogP contribution in [0.15, 0.2) is 29.9 Å². The third-order valence-corrected chi connectivity index (χ3v) is 10.7. The van der Waals surface area contributed by atoms with E-state index < -0.39 is 0 Å². The molecule has 8 heteroatoms. The first-order valence-electron chi connectivity index (χ1n) is 12.5. The van der Waals surface area contributed by atoms with Gasteiger partial charge < -0.3 is 9.88 Å². The summed E-state index contributed by atoms with van der Waals surface area (Å²) >= 11 is 1.51. The maximum absolute atomic E-state index is 12.4. The van der Waals surface area contributed by atoms with Crippen LogP contribution in [0.1, 0.15) is 74.6 Å². The second-order valence-electron chi connectivity index (χ2n) is 11.3. The first-order valence-corrected chi connectivity index (χ1v) is 13.4. The first-order chi connectivity index (χ1) is 16.3. The number of carbonyl (C=O) groups excluding carboxylic acids is 2. The van der Waals surface area contributed by atoms with Gasteiger partial charge in [-0.1, -0.05) is 19.9 Å². The molecule has 180 valence electrons. The Balaban J connectivity index is 1.22. The molecule has 7 nitrogen and oxygen atoms in total. The third kappa shape index (κ3) is 3.13. The lowest BCUT2D eigenvalue weighted by molar-refractivity contribution is -0.138. The van der Waals surface area contributed by atoms with Gasteiger partial charge in [-0.05, 0) is 67.8 Å². The van der Waals surface area contributed by atoms with Gasteiger partial charge in [-0.2, -0.15) is 0 Å². The average molecular weight is 480 g/mol. The molecule has 3 heterocycles. The molecule has 7 atom stereocenters. The van der Waals surface area contributed by atoms with Gasteiger partial charge in [0.25, 0.3) is 5.91 Å². The lowest BCUT2D eigenvalue weighted by atomic mass is 9.47. The molecule has 3 fully saturated rings. The number of nitrogens with zero attached hydrogens (tertiary/aromatic N) is 3. The molecule has 2 amide bonds. The fourth-order valence-electron chi connectivity index (χ4n) is 8.27. The standard InChI is InChI=1S/C26H33N5O2S/c1-25-10-8-17-15(4-7-20-26(17,2)11-9-21(32)31(20)3)16(25)5-6-18(25)19-14-34-24(29-19)30-23(33)22-27-12-13-28-22/h9,11-18,20H,4-8,10H2,1-3H3,(H,27,28)(H,29,30,33)/t15-,16-,17+,18?,20?,25-,26+/m0/s1. The van der Waals surface area contributed by atoms with E-state index in [4.69, 9.17) is 4.98 Å². The van der Waals surface area contributed by atoms with Gasteiger partial charge in [0, 0.05) is 42.2 Å². The molecule has 4 aliphatic rings. The second kappa shape index (κ2) is 7.77. The molecular weight excluding hydrogens is 446 g/mol. The van der Waals surface area contributed by atoms with Crippen molar-refractivity contribution in [2.24, 2.45) is 28.6 Å². The van der Waals surface area contributed by atoms with Gasteiger partial charge in [0.05, 0.1) is 5.69 Å². The highest BCUT2D eigenvalue weighted by Crippen LogP contribution is 2.67. The Bertz CT molecular complexity index is 1140. The van der Waals surface area contributed by atoms with Crippen molar-refractivity contribution in [3.63, 3.8) is 0 Å². The molecule has 0 radical (unpaired) electrons. The zero-order valence-corrected chi connectivity index (χ0v) is 20.9. The highest BCUT2D eigenvalue weighted by molar-refractivity contribution is 7.14. The lowest BCUT2D eigenvalue weighted by Gasteiger charge is -2.60. The van der Waals surface area contributed by atoms with E-state index in [0.29, 0.717) is 40.7 Å². The molecule has 1 aliphatic heterocycles. The fourth-order valence-corrected chi connectivity index (χ4v) is 9.03. The van der Waals surface area contributed by atoms with Crippen LogP contribution in [0.25, 0.3) is 0 Å². The highest BCUT2D eigenvalue weighted by atomic mass is 32.1. The number of hydrogen-bond donors (Lipinski definition) is 2. The Hall–Kier alpha value is -2.48. The predicted molar refractivity (Wildman–Crippen MR) is 131 cm³/mol. The molecule has 2 N–H and O–H groups in total. The maximum atomic E-state index is 12.4. The number of H-pyrrole nitrogens is 1. The summed E-state index contributed by atoms with van der Waals surface area (Å²) < 4.78 is 0. The van der Waals surface area contributed by atoms with E-state index in [1.54, 1.807) is 12.4 Å². The second-order valence-corrected chi connectivity index (χ2v) is 12.1. The van der Waals surface area contributed by atoms with Crippen LogP contribution in [-0.4, -0.2) is 44.8 Å². The zero-order valence-electron chi connectivity index (χ0n) is 20.1. The number of rotatable bonds is 3. The predicted octanol–water partition coefficient (Wildman–Crippen LogP) is 4.84. The Labute approximate surface area is 204 Å². The number of imidazole rings is 1. The molecule has 2 aromatic heterocycles. The van der Waals surface area contributed by atoms with Crippen LogP contribution < -0.4 is 5.32 Å². The van der Waals surface area contributed by atoms with Crippen molar-refractivity contribution < 1.29 is 9.59 Å². The Morgan fingerprint density at radius 3 is 2.85 bits per heavy atom. The van der Waals surface area contributed by atoms with Crippen LogP contribution in [0.2, 0.25) is 0 Å². The van der Waals surface area contributed by atoms with Crippen molar-refractivity contribution in [1.29, 1.82) is 0 Å². The average Bonchev–Trinajstić information content (AvgIpc) is 3.56. The van der Waals surface area contributed by atoms with Crippen molar-refractivity contribution in [2.45, 2.75) is 64.3 Å². The molecule has 0 saturated heterocycles. The van der Waals surface area contributed by atoms with Crippen LogP contribution in [0, 0.1) is 28.6 Å². The van der Waals surface area contributed by atoms with E-state index in [0.717, 1.165) is 18.5 Å². The van der Waals surface area contributed by atoms with Gasteiger partial charge in [0.2, 0.25) is 5.91 Å². The minimum absolute atomic E-state index is 0.0783. The Kier molecular flexibility index (Phi) is 5.03. The van der Waals surface area contributed by atoms with Gasteiger partial charge in [-0.15, -0.1) is 11.3 Å². The number of aromatic amines is 1. The molecule has 0 spiro atoms. The van der Waals surface area contributed by atoms with Crippen molar-refractivity contribution >= 4 is 28.3 Å². The number of fused-ring (bicyclic) bond motifs is 5. The molecule has 2 aromatic rings. The number of amides is 2. The van der Waals surface area contributed by atoms with Crippen molar-refractivity contribution in [3.8, 4) is 0 Å². The Morgan fingerprint density at radius 2 is 2.06 bits per heavy atom. The summed E-state index contributed by atoms with van der Waals surface area (Å²) in [5.74, 6) is 2.66. The zero-order chi connectivity index (χ0) is 23.7. The topological polar surface area (TPSA) is 91.0 Å². The highest BCUT2D eigenvalue weighted by Gasteiger charge is 2.60. The normalized spacial score (nSPS) is 38.9. The number of anilines is 1. The number of nitrogens with one attached hydrogen (secondary N) is 2. The Morgan fingerprint density at radius 1 is 1.21 bits per heavy atom. The number of aromatic nitrogens is 3. The maximum Gasteiger partial charge on any atom is 0.293 e. The van der Waals surface area contributed by atoms with Crippen molar-refractivity contribution in [2.75, 3.05) is 12.4 Å². The minimum atomic E-state index is -0.254. The SMILES string of the molecule is CN1C(=O)C=C[C@@]2(C)C1CC[C@@H]1[C@H]2CC[C@]2(C)C(c3csc(NC(=O)c4ncc[nH]4)n3)CC[C@@H]12. The third-order valence-electron chi connectivity index (χ3n) is 9.94. The number of carbonyl (C=O) groups is 2. The van der Waals surface area contributed by atoms with E-state index in [2.05, 4.69) is 40.6 Å². The molecule has 3 saturated carbocycles. The van der Waals surface area contributed by atoms with Gasteiger partial charge in [-0.25, -0.2) is 9.97 Å². The summed E-state index contributed by atoms with van der Waals surface area (Å²) in [6.07, 6.45) is 14.4. The van der Waals surface area contributed by atoms with Crippen LogP contribution in [-0.2, 0) is 4.79 Å². The molecule has 3 aliphatic carbocycles. The fraction of sp³-hybridized carbons (Fsp3) is 0.615. The number of thiazole rings is 1. The molecule has 6 rings (SSSR count). The summed E-state index contributed by atoms with van der Waals surface area (Å²) in [5, 5.41) is 5.68. The van der Waals surface area contributed by atoms with E-state index in [9.17, 15) is 9.59 Å². The van der Waals surface area contributed by atoms with Gasteiger partial charge >= 0.3 is 0 Å². The minimum Gasteiger partial charge on any atom is -0.341 e. The molecule has 2 unspecified atom stereocenters. The molecule has 0 aromatic carbocycles. The van der Waals surface area contributed by atoms with E-state index in [1.165, 1.54) is 37.0 Å². The van der Waals surface area contributed by atoms with E-state index in [1.807, 2.05) is 18.0 Å². The molecular formula is C26H33N5O2S.